The quantitative estimate of drug-likeness (QED) is 0.638. The number of nitrogens with zero attached hydrogens (tertiary/aromatic N) is 5. The first-order valence-corrected chi connectivity index (χ1v) is 12.3. The molecule has 9 nitrogen and oxygen atoms in total. The molecule has 9 heteroatoms. The molecule has 0 saturated carbocycles. The van der Waals surface area contributed by atoms with Crippen molar-refractivity contribution in [1.82, 2.24) is 9.80 Å². The van der Waals surface area contributed by atoms with Gasteiger partial charge in [-0.25, -0.2) is 9.79 Å². The summed E-state index contributed by atoms with van der Waals surface area (Å²) < 4.78 is 5.50. The van der Waals surface area contributed by atoms with Crippen LogP contribution in [0.2, 0.25) is 0 Å². The summed E-state index contributed by atoms with van der Waals surface area (Å²) in [5.41, 5.74) is 10.1. The highest BCUT2D eigenvalue weighted by Crippen LogP contribution is 2.26. The highest BCUT2D eigenvalue weighted by molar-refractivity contribution is 6.46. The molecule has 0 spiro atoms. The standard InChI is InChI=1S/C27H33N7O2/c1-27(2,3)36-26(35)33-15-13-32(14-16-33)22-9-7-21(8-10-22)30-24-25-29-11-12-34(25)18-23(31-24)19-5-4-6-20(28)17-19/h4-10,17-18H,11-16,28H2,1-3H3,(H,30,31). The number of piperazine rings is 1. The van der Waals surface area contributed by atoms with E-state index in [1.165, 1.54) is 0 Å². The van der Waals surface area contributed by atoms with Crippen LogP contribution in [0.4, 0.5) is 21.9 Å². The molecular weight excluding hydrogens is 454 g/mol. The lowest BCUT2D eigenvalue weighted by Gasteiger charge is -2.36. The van der Waals surface area contributed by atoms with Crippen LogP contribution < -0.4 is 16.0 Å². The van der Waals surface area contributed by atoms with E-state index in [1.54, 1.807) is 4.90 Å². The number of carbonyl (C=O) groups is 1. The molecule has 3 aliphatic rings. The molecule has 3 N–H and O–H groups in total. The molecule has 1 amide bonds. The fourth-order valence-corrected chi connectivity index (χ4v) is 4.43. The van der Waals surface area contributed by atoms with Crippen LogP contribution in [0.25, 0.3) is 5.70 Å². The molecule has 1 fully saturated rings. The van der Waals surface area contributed by atoms with Gasteiger partial charge in [0.25, 0.3) is 0 Å². The number of carbonyl (C=O) groups excluding carboxylic acids is 1. The Morgan fingerprint density at radius 3 is 2.47 bits per heavy atom. The zero-order valence-electron chi connectivity index (χ0n) is 21.1. The Kier molecular flexibility index (Phi) is 6.30. The smallest absolute Gasteiger partial charge is 0.410 e. The van der Waals surface area contributed by atoms with Crippen molar-refractivity contribution in [2.75, 3.05) is 55.2 Å². The van der Waals surface area contributed by atoms with Gasteiger partial charge in [-0.3, -0.25) is 4.99 Å². The van der Waals surface area contributed by atoms with Crippen molar-refractivity contribution in [2.24, 2.45) is 9.98 Å². The lowest BCUT2D eigenvalue weighted by molar-refractivity contribution is 0.0240. The Morgan fingerprint density at radius 2 is 1.78 bits per heavy atom. The number of fused-ring (bicyclic) bond motifs is 1. The Morgan fingerprint density at radius 1 is 1.03 bits per heavy atom. The number of hydrogen-bond acceptors (Lipinski definition) is 8. The minimum atomic E-state index is -0.480. The van der Waals surface area contributed by atoms with E-state index in [0.717, 1.165) is 60.5 Å². The molecule has 3 aliphatic heterocycles. The monoisotopic (exact) mass is 487 g/mol. The number of rotatable bonds is 3. The van der Waals surface area contributed by atoms with E-state index in [2.05, 4.69) is 44.4 Å². The maximum atomic E-state index is 12.3. The van der Waals surface area contributed by atoms with Crippen LogP contribution >= 0.6 is 0 Å². The molecule has 0 aromatic heterocycles. The molecule has 188 valence electrons. The molecule has 5 rings (SSSR count). The SMILES string of the molecule is CC(C)(C)OC(=O)N1CCN(c2ccc(NC3=NC(c4cccc(N)c4)=CN4CCN=C34)cc2)CC1. The van der Waals surface area contributed by atoms with Crippen LogP contribution in [0.1, 0.15) is 26.3 Å². The average Bonchev–Trinajstić information content (AvgIpc) is 3.33. The summed E-state index contributed by atoms with van der Waals surface area (Å²) in [6.07, 6.45) is 1.79. The second-order valence-electron chi connectivity index (χ2n) is 10.1. The number of nitrogens with two attached hydrogens (primary N) is 1. The van der Waals surface area contributed by atoms with E-state index in [-0.39, 0.29) is 6.09 Å². The third-order valence-electron chi connectivity index (χ3n) is 6.21. The van der Waals surface area contributed by atoms with E-state index in [4.69, 9.17) is 15.5 Å². The molecular formula is C27H33N7O2. The molecule has 0 radical (unpaired) electrons. The van der Waals surface area contributed by atoms with Crippen molar-refractivity contribution in [3.05, 3.63) is 60.3 Å². The molecule has 0 unspecified atom stereocenters. The van der Waals surface area contributed by atoms with Gasteiger partial charge >= 0.3 is 6.09 Å². The topological polar surface area (TPSA) is 98.8 Å². The predicted molar refractivity (Wildman–Crippen MR) is 145 cm³/mol. The van der Waals surface area contributed by atoms with Crippen LogP contribution in [0, 0.1) is 0 Å². The third-order valence-corrected chi connectivity index (χ3v) is 6.21. The zero-order chi connectivity index (χ0) is 25.3. The minimum absolute atomic E-state index is 0.245. The van der Waals surface area contributed by atoms with Gasteiger partial charge in [-0.15, -0.1) is 0 Å². The van der Waals surface area contributed by atoms with Crippen LogP contribution in [0.15, 0.2) is 64.7 Å². The fourth-order valence-electron chi connectivity index (χ4n) is 4.43. The maximum Gasteiger partial charge on any atom is 0.410 e. The number of amides is 1. The normalized spacial score (nSPS) is 17.8. The van der Waals surface area contributed by atoms with E-state index >= 15 is 0 Å². The second kappa shape index (κ2) is 9.56. The van der Waals surface area contributed by atoms with Crippen molar-refractivity contribution >= 4 is 40.5 Å². The summed E-state index contributed by atoms with van der Waals surface area (Å²) in [6.45, 7) is 10.0. The Balaban J connectivity index is 1.25. The van der Waals surface area contributed by atoms with Gasteiger partial charge in [0.2, 0.25) is 0 Å². The van der Waals surface area contributed by atoms with Gasteiger partial charge in [-0.05, 0) is 57.2 Å². The number of anilines is 3. The van der Waals surface area contributed by atoms with Crippen LogP contribution in [-0.4, -0.2) is 72.4 Å². The fraction of sp³-hybridized carbons (Fsp3) is 0.370. The average molecular weight is 488 g/mol. The van der Waals surface area contributed by atoms with Crippen molar-refractivity contribution in [2.45, 2.75) is 26.4 Å². The molecule has 0 atom stereocenters. The molecule has 2 aromatic rings. The van der Waals surface area contributed by atoms with Gasteiger partial charge in [-0.1, -0.05) is 12.1 Å². The summed E-state index contributed by atoms with van der Waals surface area (Å²) in [6, 6.07) is 16.1. The van der Waals surface area contributed by atoms with E-state index in [0.29, 0.717) is 18.8 Å². The lowest BCUT2D eigenvalue weighted by Crippen LogP contribution is -2.50. The molecule has 36 heavy (non-hydrogen) atoms. The van der Waals surface area contributed by atoms with Crippen LogP contribution in [-0.2, 0) is 4.74 Å². The first-order chi connectivity index (χ1) is 17.2. The lowest BCUT2D eigenvalue weighted by atomic mass is 10.1. The van der Waals surface area contributed by atoms with Crippen molar-refractivity contribution < 1.29 is 9.53 Å². The zero-order valence-corrected chi connectivity index (χ0v) is 21.1. The molecule has 0 bridgehead atoms. The summed E-state index contributed by atoms with van der Waals surface area (Å²) in [7, 11) is 0. The van der Waals surface area contributed by atoms with Gasteiger partial charge in [0.05, 0.1) is 12.2 Å². The first-order valence-electron chi connectivity index (χ1n) is 12.3. The molecule has 2 aromatic carbocycles. The Bertz CT molecular complexity index is 1220. The maximum absolute atomic E-state index is 12.3. The van der Waals surface area contributed by atoms with Crippen LogP contribution in [0.3, 0.4) is 0 Å². The van der Waals surface area contributed by atoms with Crippen molar-refractivity contribution in [3.63, 3.8) is 0 Å². The van der Waals surface area contributed by atoms with E-state index in [1.807, 2.05) is 51.2 Å². The highest BCUT2D eigenvalue weighted by Gasteiger charge is 2.27. The van der Waals surface area contributed by atoms with Gasteiger partial charge < -0.3 is 30.5 Å². The van der Waals surface area contributed by atoms with Gasteiger partial charge in [0.15, 0.2) is 11.7 Å². The highest BCUT2D eigenvalue weighted by atomic mass is 16.6. The third kappa shape index (κ3) is 5.30. The number of benzene rings is 2. The number of aliphatic imine (C=N–C) groups is 2. The van der Waals surface area contributed by atoms with Gasteiger partial charge in [0.1, 0.15) is 5.60 Å². The predicted octanol–water partition coefficient (Wildman–Crippen LogP) is 3.86. The Labute approximate surface area is 211 Å². The molecule has 3 heterocycles. The summed E-state index contributed by atoms with van der Waals surface area (Å²) in [5, 5.41) is 3.46. The van der Waals surface area contributed by atoms with Crippen LogP contribution in [0.5, 0.6) is 0 Å². The molecule has 0 aliphatic carbocycles. The number of amidine groups is 2. The van der Waals surface area contributed by atoms with Gasteiger partial charge in [-0.2, -0.15) is 0 Å². The number of nitrogens with one attached hydrogen (secondary N) is 1. The van der Waals surface area contributed by atoms with Crippen molar-refractivity contribution in [1.29, 1.82) is 0 Å². The summed E-state index contributed by atoms with van der Waals surface area (Å²) >= 11 is 0. The second-order valence-corrected chi connectivity index (χ2v) is 10.1. The first kappa shape index (κ1) is 23.7. The van der Waals surface area contributed by atoms with Crippen molar-refractivity contribution in [3.8, 4) is 0 Å². The van der Waals surface area contributed by atoms with E-state index < -0.39 is 5.60 Å². The number of nitrogen functional groups attached to an aromatic ring is 1. The Hall–Kier alpha value is -4.01. The number of ether oxygens (including phenoxy) is 1. The largest absolute Gasteiger partial charge is 0.444 e. The van der Waals surface area contributed by atoms with E-state index in [9.17, 15) is 4.79 Å². The summed E-state index contributed by atoms with van der Waals surface area (Å²) in [5.74, 6) is 1.58. The van der Waals surface area contributed by atoms with Gasteiger partial charge in [0, 0.05) is 61.5 Å². The molecule has 1 saturated heterocycles. The summed E-state index contributed by atoms with van der Waals surface area (Å²) in [4.78, 5) is 28.1. The number of hydrogen-bond donors (Lipinski definition) is 2. The minimum Gasteiger partial charge on any atom is -0.444 e.